The molecule has 0 bridgehead atoms. The molecular weight excluding hydrogens is 735 g/mol. The molecule has 0 saturated heterocycles. The molecule has 0 saturated carbocycles. The van der Waals surface area contributed by atoms with Gasteiger partial charge in [-0.1, -0.05) is 129 Å². The fourth-order valence-corrected chi connectivity index (χ4v) is 7.97. The highest BCUT2D eigenvalue weighted by molar-refractivity contribution is 6.10. The van der Waals surface area contributed by atoms with Gasteiger partial charge in [-0.3, -0.25) is 18.7 Å². The van der Waals surface area contributed by atoms with E-state index < -0.39 is 11.8 Å². The van der Waals surface area contributed by atoms with Crippen LogP contribution in [0.5, 0.6) is 11.5 Å². The second-order valence-corrected chi connectivity index (χ2v) is 18.9. The summed E-state index contributed by atoms with van der Waals surface area (Å²) in [5.74, 6) is 2.09. The predicted octanol–water partition coefficient (Wildman–Crippen LogP) is 13.2. The van der Waals surface area contributed by atoms with Gasteiger partial charge in [-0.2, -0.15) is 0 Å². The molecule has 300 valence electrons. The summed E-state index contributed by atoms with van der Waals surface area (Å²) in [6.45, 7) is 19.1. The molecule has 0 atom stereocenters. The fourth-order valence-electron chi connectivity index (χ4n) is 7.97. The van der Waals surface area contributed by atoms with Gasteiger partial charge < -0.3 is 4.74 Å². The van der Waals surface area contributed by atoms with Gasteiger partial charge in [-0.05, 0) is 106 Å². The lowest BCUT2D eigenvalue weighted by atomic mass is 9.87. The van der Waals surface area contributed by atoms with Crippen LogP contribution in [0.4, 0.5) is 0 Å². The Kier molecular flexibility index (Phi) is 8.91. The summed E-state index contributed by atoms with van der Waals surface area (Å²) in [4.78, 5) is 9.58. The van der Waals surface area contributed by atoms with Crippen LogP contribution in [-0.2, 0) is 17.2 Å². The first kappa shape index (κ1) is 36.5. The lowest BCUT2D eigenvalue weighted by Gasteiger charge is -2.20. The molecule has 9 aromatic rings. The molecule has 0 aliphatic carbocycles. The van der Waals surface area contributed by atoms with Gasteiger partial charge >= 0.3 is 0 Å². The van der Waals surface area contributed by atoms with E-state index in [1.165, 1.54) is 16.7 Å². The maximum Gasteiger partial charge on any atom is 0.269 e. The zero-order valence-corrected chi connectivity index (χ0v) is 36.0. The highest BCUT2D eigenvalue weighted by Gasteiger charge is 2.21. The van der Waals surface area contributed by atoms with Crippen LogP contribution < -0.4 is 9.30 Å². The van der Waals surface area contributed by atoms with Crippen molar-refractivity contribution in [1.82, 2.24) is 19.1 Å². The molecule has 0 N–H and O–H groups in total. The molecular formula is C54H53N5O. The van der Waals surface area contributed by atoms with Crippen LogP contribution in [-0.4, -0.2) is 19.1 Å². The Labute approximate surface area is 356 Å². The Morgan fingerprint density at radius 1 is 0.633 bits per heavy atom. The van der Waals surface area contributed by atoms with Gasteiger partial charge in [0.2, 0.25) is 0 Å². The van der Waals surface area contributed by atoms with Gasteiger partial charge in [0.05, 0.1) is 39.6 Å². The van der Waals surface area contributed by atoms with Crippen LogP contribution >= 0.6 is 0 Å². The molecule has 0 spiro atoms. The summed E-state index contributed by atoms with van der Waals surface area (Å²) in [7, 11) is 0. The minimum absolute atomic E-state index is 0.0516. The standard InChI is InChI=1S/C54H53N5O/c1-52(2,3)32-36-18-22-48-50(26-36)57(41-17-13-16-39(28-41)53(4,5)6)35-58(48)42-30-44(34-55-33-42)60-43-20-21-45-46-27-38(37-14-11-10-12-15-37)19-23-47(46)59(49(45)31-43)51-29-40(24-25-56-51)54(7,8)9/h10-31,33-34H,32H2,1-9H3/i32D2. The van der Waals surface area contributed by atoms with Crippen molar-refractivity contribution in [3.63, 3.8) is 0 Å². The van der Waals surface area contributed by atoms with E-state index in [0.29, 0.717) is 17.1 Å². The van der Waals surface area contributed by atoms with E-state index in [4.69, 9.17) is 12.5 Å². The van der Waals surface area contributed by atoms with Gasteiger partial charge in [0.25, 0.3) is 6.33 Å². The van der Waals surface area contributed by atoms with E-state index in [-0.39, 0.29) is 10.8 Å². The van der Waals surface area contributed by atoms with Gasteiger partial charge in [0.1, 0.15) is 17.3 Å². The number of rotatable bonds is 7. The summed E-state index contributed by atoms with van der Waals surface area (Å²) in [5.41, 5.74) is 10.1. The number of pyridine rings is 2. The van der Waals surface area contributed by atoms with E-state index in [1.807, 2.05) is 72.5 Å². The average Bonchev–Trinajstić information content (AvgIpc) is 3.78. The van der Waals surface area contributed by atoms with E-state index in [9.17, 15) is 0 Å². The molecule has 0 aliphatic rings. The van der Waals surface area contributed by atoms with Crippen molar-refractivity contribution < 1.29 is 12.0 Å². The van der Waals surface area contributed by atoms with Gasteiger partial charge in [0.15, 0.2) is 0 Å². The Morgan fingerprint density at radius 2 is 1.40 bits per heavy atom. The van der Waals surface area contributed by atoms with Crippen molar-refractivity contribution in [2.45, 2.75) is 79.5 Å². The second kappa shape index (κ2) is 14.6. The first-order valence-corrected chi connectivity index (χ1v) is 20.7. The van der Waals surface area contributed by atoms with Crippen LogP contribution in [0.2, 0.25) is 0 Å². The molecule has 6 nitrogen and oxygen atoms in total. The fraction of sp³-hybridized carbons (Fsp3) is 0.241. The zero-order valence-electron chi connectivity index (χ0n) is 38.0. The summed E-state index contributed by atoms with van der Waals surface area (Å²) in [6.07, 6.45) is 7.47. The van der Waals surface area contributed by atoms with Crippen molar-refractivity contribution >= 4 is 32.8 Å². The average molecular weight is 790 g/mol. The Hall–Kier alpha value is -6.53. The monoisotopic (exact) mass is 789 g/mol. The summed E-state index contributed by atoms with van der Waals surface area (Å²) >= 11 is 0. The Morgan fingerprint density at radius 3 is 2.17 bits per heavy atom. The quantitative estimate of drug-likeness (QED) is 0.119. The van der Waals surface area contributed by atoms with E-state index in [2.05, 4.69) is 148 Å². The number of benzene rings is 5. The number of fused-ring (bicyclic) bond motifs is 4. The Bertz CT molecular complexity index is 3140. The first-order valence-electron chi connectivity index (χ1n) is 21.7. The second-order valence-electron chi connectivity index (χ2n) is 18.9. The molecule has 6 heteroatoms. The lowest BCUT2D eigenvalue weighted by Crippen LogP contribution is -2.30. The molecule has 0 fully saturated rings. The first-order chi connectivity index (χ1) is 29.4. The number of ether oxygens (including phenoxy) is 1. The molecule has 0 amide bonds. The van der Waals surface area contributed by atoms with Crippen LogP contribution in [0.1, 0.15) is 81.7 Å². The summed E-state index contributed by atoms with van der Waals surface area (Å²) in [5, 5.41) is 2.23. The normalized spacial score (nSPS) is 13.2. The third kappa shape index (κ3) is 7.59. The largest absolute Gasteiger partial charge is 0.456 e. The third-order valence-electron chi connectivity index (χ3n) is 11.0. The number of hydrogen-bond acceptors (Lipinski definition) is 3. The minimum Gasteiger partial charge on any atom is -0.456 e. The van der Waals surface area contributed by atoms with Crippen LogP contribution in [0.15, 0.2) is 146 Å². The number of nitrogens with zero attached hydrogens (tertiary/aromatic N) is 5. The zero-order chi connectivity index (χ0) is 43.8. The lowest BCUT2D eigenvalue weighted by molar-refractivity contribution is -0.572. The Balaban J connectivity index is 1.16. The van der Waals surface area contributed by atoms with Crippen molar-refractivity contribution in [3.05, 3.63) is 169 Å². The van der Waals surface area contributed by atoms with Crippen LogP contribution in [0.25, 0.3) is 61.2 Å². The van der Waals surface area contributed by atoms with Crippen LogP contribution in [0.3, 0.4) is 0 Å². The molecule has 5 aromatic carbocycles. The molecule has 4 heterocycles. The molecule has 0 radical (unpaired) electrons. The van der Waals surface area contributed by atoms with Crippen molar-refractivity contribution in [1.29, 1.82) is 0 Å². The molecule has 9 rings (SSSR count). The summed E-state index contributed by atoms with van der Waals surface area (Å²) < 4.78 is 31.2. The van der Waals surface area contributed by atoms with Crippen LogP contribution in [0, 0.1) is 11.7 Å². The van der Waals surface area contributed by atoms with Crippen molar-refractivity contribution in [2.24, 2.45) is 5.41 Å². The smallest absolute Gasteiger partial charge is 0.269 e. The molecule has 4 aromatic heterocycles. The maximum absolute atomic E-state index is 9.12. The topological polar surface area (TPSA) is 48.8 Å². The molecule has 60 heavy (non-hydrogen) atoms. The SMILES string of the molecule is [2H]C([2H])(c1ccc2c(c1)[n+](-c1cccc(C(C)(C)C)c1)[c-]n2-c1cncc(Oc2ccc3c4cc(-c5ccccc5)ccc4n(-c4cc(C(C)(C)C)ccn4)c3c2)c1)C(C)(C)C. The number of imidazole rings is 1. The number of aromatic nitrogens is 5. The minimum atomic E-state index is -1.58. The van der Waals surface area contributed by atoms with E-state index in [1.54, 1.807) is 12.4 Å². The predicted molar refractivity (Wildman–Crippen MR) is 246 cm³/mol. The third-order valence-corrected chi connectivity index (χ3v) is 11.0. The molecule has 0 unspecified atom stereocenters. The van der Waals surface area contributed by atoms with Gasteiger partial charge in [-0.25, -0.2) is 4.98 Å². The van der Waals surface area contributed by atoms with Gasteiger partial charge in [0, 0.05) is 32.0 Å². The maximum atomic E-state index is 9.12. The number of hydrogen-bond donors (Lipinski definition) is 0. The van der Waals surface area contributed by atoms with E-state index in [0.717, 1.165) is 55.6 Å². The van der Waals surface area contributed by atoms with Crippen molar-refractivity contribution in [2.75, 3.05) is 0 Å². The molecule has 0 aliphatic heterocycles. The van der Waals surface area contributed by atoms with Crippen molar-refractivity contribution in [3.8, 4) is 39.8 Å². The highest BCUT2D eigenvalue weighted by Crippen LogP contribution is 2.38. The van der Waals surface area contributed by atoms with Gasteiger partial charge in [-0.15, -0.1) is 0 Å². The highest BCUT2D eigenvalue weighted by atomic mass is 16.5. The van der Waals surface area contributed by atoms with E-state index >= 15 is 0 Å². The summed E-state index contributed by atoms with van der Waals surface area (Å²) in [6, 6.07) is 44.0.